The minimum atomic E-state index is -0.224. The number of aromatic nitrogens is 4. The molecule has 0 atom stereocenters. The summed E-state index contributed by atoms with van der Waals surface area (Å²) in [6.07, 6.45) is 4.35. The lowest BCUT2D eigenvalue weighted by molar-refractivity contribution is 0.0957. The lowest BCUT2D eigenvalue weighted by atomic mass is 10.3. The number of carbonyl (C=O) groups is 1. The summed E-state index contributed by atoms with van der Waals surface area (Å²) in [6, 6.07) is 7.46. The van der Waals surface area contributed by atoms with Crippen molar-refractivity contribution in [2.75, 3.05) is 13.6 Å². The van der Waals surface area contributed by atoms with Gasteiger partial charge in [0, 0.05) is 25.9 Å². The van der Waals surface area contributed by atoms with Gasteiger partial charge in [0.1, 0.15) is 5.65 Å². The second kappa shape index (κ2) is 5.37. The van der Waals surface area contributed by atoms with Gasteiger partial charge in [0.05, 0.1) is 5.69 Å². The van der Waals surface area contributed by atoms with Crippen molar-refractivity contribution in [2.24, 2.45) is 5.73 Å². The van der Waals surface area contributed by atoms with Crippen molar-refractivity contribution in [3.63, 3.8) is 0 Å². The van der Waals surface area contributed by atoms with Crippen LogP contribution >= 0.6 is 0 Å². The van der Waals surface area contributed by atoms with Crippen LogP contribution in [-0.2, 0) is 6.42 Å². The molecular weight excluding hydrogens is 268 g/mol. The van der Waals surface area contributed by atoms with Crippen molar-refractivity contribution in [3.05, 3.63) is 48.0 Å². The summed E-state index contributed by atoms with van der Waals surface area (Å²) in [6.45, 7) is 0.513. The lowest BCUT2D eigenvalue weighted by Crippen LogP contribution is -2.18. The molecule has 3 heterocycles. The first-order valence-electron chi connectivity index (χ1n) is 6.68. The highest BCUT2D eigenvalue weighted by Crippen LogP contribution is 2.17. The molecule has 0 aliphatic rings. The van der Waals surface area contributed by atoms with Crippen LogP contribution in [-0.4, -0.2) is 38.7 Å². The number of pyridine rings is 1. The number of nitrogens with zero attached hydrogens (tertiary/aromatic N) is 4. The summed E-state index contributed by atoms with van der Waals surface area (Å²) >= 11 is 0. The van der Waals surface area contributed by atoms with E-state index < -0.39 is 0 Å². The zero-order valence-corrected chi connectivity index (χ0v) is 11.7. The molecule has 0 aliphatic heterocycles. The Morgan fingerprint density at radius 2 is 2.19 bits per heavy atom. The number of hydrogen-bond donors (Lipinski definition) is 2. The molecule has 0 aromatic carbocycles. The summed E-state index contributed by atoms with van der Waals surface area (Å²) in [5.74, 6) is 0.472. The number of amides is 1. The van der Waals surface area contributed by atoms with E-state index in [4.69, 9.17) is 5.73 Å². The van der Waals surface area contributed by atoms with Gasteiger partial charge in [-0.05, 0) is 24.7 Å². The fourth-order valence-corrected chi connectivity index (χ4v) is 2.28. The fraction of sp³-hybridized carbons (Fsp3) is 0.214. The number of nitrogens with one attached hydrogen (secondary N) is 1. The predicted octanol–water partition coefficient (Wildman–Crippen LogP) is 0.381. The van der Waals surface area contributed by atoms with Gasteiger partial charge in [-0.15, -0.1) is 0 Å². The Kier molecular flexibility index (Phi) is 3.41. The highest BCUT2D eigenvalue weighted by molar-refractivity contribution is 5.91. The van der Waals surface area contributed by atoms with Gasteiger partial charge in [-0.1, -0.05) is 6.07 Å². The molecular formula is C14H16N6O. The van der Waals surface area contributed by atoms with Gasteiger partial charge in [-0.2, -0.15) is 5.10 Å². The molecule has 0 saturated heterocycles. The van der Waals surface area contributed by atoms with Gasteiger partial charge in [-0.25, -0.2) is 9.67 Å². The highest BCUT2D eigenvalue weighted by atomic mass is 16.1. The average molecular weight is 284 g/mol. The smallest absolute Gasteiger partial charge is 0.271 e. The predicted molar refractivity (Wildman–Crippen MR) is 78.5 cm³/mol. The molecule has 108 valence electrons. The maximum absolute atomic E-state index is 11.6. The van der Waals surface area contributed by atoms with Gasteiger partial charge in [0.15, 0.2) is 11.5 Å². The zero-order chi connectivity index (χ0) is 14.8. The Bertz CT molecular complexity index is 788. The van der Waals surface area contributed by atoms with E-state index in [9.17, 15) is 4.79 Å². The van der Waals surface area contributed by atoms with Gasteiger partial charge >= 0.3 is 0 Å². The first-order chi connectivity index (χ1) is 10.2. The first kappa shape index (κ1) is 13.3. The third-order valence-corrected chi connectivity index (χ3v) is 3.25. The average Bonchev–Trinajstić information content (AvgIpc) is 3.12. The van der Waals surface area contributed by atoms with Crippen LogP contribution in [0.4, 0.5) is 0 Å². The fourth-order valence-electron chi connectivity index (χ4n) is 2.28. The molecule has 7 heteroatoms. The van der Waals surface area contributed by atoms with E-state index in [0.717, 1.165) is 11.3 Å². The highest BCUT2D eigenvalue weighted by Gasteiger charge is 2.15. The zero-order valence-electron chi connectivity index (χ0n) is 11.7. The minimum Gasteiger partial charge on any atom is -0.354 e. The summed E-state index contributed by atoms with van der Waals surface area (Å²) in [5.41, 5.74) is 7.85. The van der Waals surface area contributed by atoms with E-state index in [0.29, 0.717) is 24.5 Å². The third kappa shape index (κ3) is 2.27. The molecule has 7 nitrogen and oxygen atoms in total. The molecule has 1 amide bonds. The van der Waals surface area contributed by atoms with Gasteiger partial charge in [0.2, 0.25) is 0 Å². The van der Waals surface area contributed by atoms with Gasteiger partial charge in [-0.3, -0.25) is 4.79 Å². The maximum atomic E-state index is 11.6. The topological polar surface area (TPSA) is 90.2 Å². The molecule has 0 radical (unpaired) electrons. The molecule has 3 aromatic rings. The normalized spacial score (nSPS) is 11.0. The van der Waals surface area contributed by atoms with Crippen LogP contribution in [0.3, 0.4) is 0 Å². The number of rotatable bonds is 4. The van der Waals surface area contributed by atoms with Crippen molar-refractivity contribution >= 4 is 11.6 Å². The Balaban J connectivity index is 2.12. The molecule has 0 bridgehead atoms. The SMILES string of the molecule is CNC(=O)c1ccn(-c2nc3ccccn3c2CCN)n1. The van der Waals surface area contributed by atoms with E-state index in [2.05, 4.69) is 15.4 Å². The number of carbonyl (C=O) groups excluding carboxylic acids is 1. The molecule has 0 unspecified atom stereocenters. The van der Waals surface area contributed by atoms with E-state index in [-0.39, 0.29) is 5.91 Å². The molecule has 0 spiro atoms. The summed E-state index contributed by atoms with van der Waals surface area (Å²) in [4.78, 5) is 16.2. The van der Waals surface area contributed by atoms with Crippen LogP contribution in [0.1, 0.15) is 16.2 Å². The van der Waals surface area contributed by atoms with E-state index in [1.54, 1.807) is 24.0 Å². The van der Waals surface area contributed by atoms with Gasteiger partial charge < -0.3 is 15.5 Å². The Morgan fingerprint density at radius 1 is 1.33 bits per heavy atom. The van der Waals surface area contributed by atoms with Crippen LogP contribution in [0.5, 0.6) is 0 Å². The van der Waals surface area contributed by atoms with Crippen LogP contribution in [0.2, 0.25) is 0 Å². The maximum Gasteiger partial charge on any atom is 0.271 e. The summed E-state index contributed by atoms with van der Waals surface area (Å²) in [5, 5.41) is 6.83. The molecule has 0 fully saturated rings. The summed E-state index contributed by atoms with van der Waals surface area (Å²) in [7, 11) is 1.58. The molecule has 0 aliphatic carbocycles. The van der Waals surface area contributed by atoms with Crippen molar-refractivity contribution in [2.45, 2.75) is 6.42 Å². The number of nitrogens with two attached hydrogens (primary N) is 1. The first-order valence-corrected chi connectivity index (χ1v) is 6.68. The number of imidazole rings is 1. The Hall–Kier alpha value is -2.67. The Morgan fingerprint density at radius 3 is 2.95 bits per heavy atom. The Labute approximate surface area is 121 Å². The van der Waals surface area contributed by atoms with Crippen LogP contribution in [0.15, 0.2) is 36.7 Å². The van der Waals surface area contributed by atoms with Crippen molar-refractivity contribution in [3.8, 4) is 5.82 Å². The number of hydrogen-bond acceptors (Lipinski definition) is 4. The van der Waals surface area contributed by atoms with Gasteiger partial charge in [0.25, 0.3) is 5.91 Å². The minimum absolute atomic E-state index is 0.224. The second-order valence-corrected chi connectivity index (χ2v) is 4.57. The lowest BCUT2D eigenvalue weighted by Gasteiger charge is -2.03. The largest absolute Gasteiger partial charge is 0.354 e. The van der Waals surface area contributed by atoms with Crippen molar-refractivity contribution in [1.82, 2.24) is 24.5 Å². The molecule has 3 rings (SSSR count). The van der Waals surface area contributed by atoms with Crippen LogP contribution in [0, 0.1) is 0 Å². The van der Waals surface area contributed by atoms with Crippen molar-refractivity contribution < 1.29 is 4.79 Å². The third-order valence-electron chi connectivity index (χ3n) is 3.25. The van der Waals surface area contributed by atoms with Crippen LogP contribution < -0.4 is 11.1 Å². The molecule has 3 aromatic heterocycles. The van der Waals surface area contributed by atoms with Crippen LogP contribution in [0.25, 0.3) is 11.5 Å². The summed E-state index contributed by atoms with van der Waals surface area (Å²) < 4.78 is 3.60. The second-order valence-electron chi connectivity index (χ2n) is 4.57. The monoisotopic (exact) mass is 284 g/mol. The molecule has 21 heavy (non-hydrogen) atoms. The molecule has 0 saturated carbocycles. The van der Waals surface area contributed by atoms with E-state index >= 15 is 0 Å². The standard InChI is InChI=1S/C14H16N6O/c1-16-14(21)10-6-9-20(18-10)13-11(5-7-15)19-8-3-2-4-12(19)17-13/h2-4,6,8-9H,5,7,15H2,1H3,(H,16,21). The van der Waals surface area contributed by atoms with E-state index in [1.807, 2.05) is 28.8 Å². The van der Waals surface area contributed by atoms with Crippen molar-refractivity contribution in [1.29, 1.82) is 0 Å². The number of fused-ring (bicyclic) bond motifs is 1. The van der Waals surface area contributed by atoms with E-state index in [1.165, 1.54) is 0 Å². The quantitative estimate of drug-likeness (QED) is 0.724. The molecule has 3 N–H and O–H groups in total.